The number of ether oxygens (including phenoxy) is 1. The van der Waals surface area contributed by atoms with Gasteiger partial charge in [-0.3, -0.25) is 0 Å². The molecule has 0 bridgehead atoms. The topological polar surface area (TPSA) is 29.5 Å². The Kier molecular flexibility index (Phi) is 5.64. The first-order valence-electron chi connectivity index (χ1n) is 7.79. The highest BCUT2D eigenvalue weighted by molar-refractivity contribution is 5.73. The van der Waals surface area contributed by atoms with Crippen LogP contribution < -0.4 is 4.74 Å². The number of phenols is 1. The van der Waals surface area contributed by atoms with Crippen LogP contribution in [0.25, 0.3) is 12.2 Å². The minimum absolute atomic E-state index is 0.273. The van der Waals surface area contributed by atoms with Crippen LogP contribution in [0.3, 0.4) is 0 Å². The van der Waals surface area contributed by atoms with Crippen LogP contribution in [-0.2, 0) is 6.42 Å². The molecule has 23 heavy (non-hydrogen) atoms. The number of hydrogen-bond donors (Lipinski definition) is 1. The molecule has 120 valence electrons. The maximum Gasteiger partial charge on any atom is 0.126 e. The number of rotatable bonds is 6. The Morgan fingerprint density at radius 3 is 2.61 bits per heavy atom. The maximum absolute atomic E-state index is 10.3. The first-order chi connectivity index (χ1) is 11.0. The summed E-state index contributed by atoms with van der Waals surface area (Å²) in [5, 5.41) is 10.3. The van der Waals surface area contributed by atoms with Crippen molar-refractivity contribution >= 4 is 12.2 Å². The zero-order valence-electron chi connectivity index (χ0n) is 14.1. The lowest BCUT2D eigenvalue weighted by molar-refractivity contribution is 0.399. The molecule has 0 spiro atoms. The van der Waals surface area contributed by atoms with Gasteiger partial charge in [-0.25, -0.2) is 0 Å². The summed E-state index contributed by atoms with van der Waals surface area (Å²) in [6, 6.07) is 11.9. The molecule has 0 saturated heterocycles. The number of phenolic OH excluding ortho intramolecular Hbond substituents is 1. The second kappa shape index (κ2) is 7.68. The first-order valence-corrected chi connectivity index (χ1v) is 7.79. The minimum Gasteiger partial charge on any atom is -0.508 e. The number of allylic oxidation sites excluding steroid dienone is 1. The van der Waals surface area contributed by atoms with E-state index in [2.05, 4.69) is 31.7 Å². The fourth-order valence-electron chi connectivity index (χ4n) is 2.48. The van der Waals surface area contributed by atoms with E-state index < -0.39 is 0 Å². The summed E-state index contributed by atoms with van der Waals surface area (Å²) < 4.78 is 5.45. The lowest BCUT2D eigenvalue weighted by Crippen LogP contribution is -1.95. The van der Waals surface area contributed by atoms with Crippen molar-refractivity contribution in [2.24, 2.45) is 0 Å². The third-order valence-corrected chi connectivity index (χ3v) is 3.87. The van der Waals surface area contributed by atoms with Gasteiger partial charge in [0.2, 0.25) is 0 Å². The molecule has 2 aromatic rings. The Labute approximate surface area is 138 Å². The molecule has 2 nitrogen and oxygen atoms in total. The summed E-state index contributed by atoms with van der Waals surface area (Å²) in [6.07, 6.45) is 5.61. The fourth-order valence-corrected chi connectivity index (χ4v) is 2.48. The monoisotopic (exact) mass is 308 g/mol. The van der Waals surface area contributed by atoms with Crippen molar-refractivity contribution in [3.05, 3.63) is 70.8 Å². The van der Waals surface area contributed by atoms with E-state index in [1.807, 2.05) is 31.2 Å². The van der Waals surface area contributed by atoms with Gasteiger partial charge >= 0.3 is 0 Å². The summed E-state index contributed by atoms with van der Waals surface area (Å²) >= 11 is 0. The van der Waals surface area contributed by atoms with E-state index in [-0.39, 0.29) is 5.75 Å². The summed E-state index contributed by atoms with van der Waals surface area (Å²) in [4.78, 5) is 0. The van der Waals surface area contributed by atoms with Crippen LogP contribution in [0.4, 0.5) is 0 Å². The number of aromatic hydroxyl groups is 1. The van der Waals surface area contributed by atoms with Crippen molar-refractivity contribution in [3.63, 3.8) is 0 Å². The Hall–Kier alpha value is -2.48. The van der Waals surface area contributed by atoms with Crippen molar-refractivity contribution in [1.82, 2.24) is 0 Å². The average Bonchev–Trinajstić information content (AvgIpc) is 2.52. The van der Waals surface area contributed by atoms with Crippen LogP contribution in [0.1, 0.15) is 35.6 Å². The van der Waals surface area contributed by atoms with E-state index in [9.17, 15) is 5.11 Å². The molecule has 0 aliphatic heterocycles. The van der Waals surface area contributed by atoms with Crippen LogP contribution in [0.2, 0.25) is 0 Å². The van der Waals surface area contributed by atoms with Gasteiger partial charge in [-0.15, -0.1) is 6.58 Å². The van der Waals surface area contributed by atoms with Crippen LogP contribution >= 0.6 is 0 Å². The van der Waals surface area contributed by atoms with Gasteiger partial charge < -0.3 is 9.84 Å². The highest BCUT2D eigenvalue weighted by Gasteiger charge is 2.10. The molecule has 2 rings (SSSR count). The third kappa shape index (κ3) is 4.49. The molecule has 0 unspecified atom stereocenters. The smallest absolute Gasteiger partial charge is 0.126 e. The second-order valence-electron chi connectivity index (χ2n) is 5.87. The summed E-state index contributed by atoms with van der Waals surface area (Å²) in [7, 11) is 1.63. The molecule has 0 fully saturated rings. The van der Waals surface area contributed by atoms with Gasteiger partial charge in [0, 0.05) is 5.56 Å². The molecular weight excluding hydrogens is 284 g/mol. The van der Waals surface area contributed by atoms with E-state index in [1.165, 1.54) is 5.56 Å². The molecule has 2 aromatic carbocycles. The Morgan fingerprint density at radius 1 is 1.22 bits per heavy atom. The maximum atomic E-state index is 10.3. The van der Waals surface area contributed by atoms with Crippen molar-refractivity contribution in [3.8, 4) is 11.5 Å². The molecule has 2 heteroatoms. The third-order valence-electron chi connectivity index (χ3n) is 3.87. The molecule has 1 N–H and O–H groups in total. The quantitative estimate of drug-likeness (QED) is 0.573. The number of benzene rings is 2. The van der Waals surface area contributed by atoms with Gasteiger partial charge in [-0.1, -0.05) is 42.0 Å². The van der Waals surface area contributed by atoms with Crippen molar-refractivity contribution in [2.45, 2.75) is 26.7 Å². The van der Waals surface area contributed by atoms with Crippen LogP contribution in [0.5, 0.6) is 11.5 Å². The summed E-state index contributed by atoms with van der Waals surface area (Å²) in [6.45, 7) is 7.98. The van der Waals surface area contributed by atoms with Crippen LogP contribution in [0, 0.1) is 6.92 Å². The van der Waals surface area contributed by atoms with Gasteiger partial charge in [0.15, 0.2) is 0 Å². The highest BCUT2D eigenvalue weighted by Crippen LogP contribution is 2.32. The average molecular weight is 308 g/mol. The summed E-state index contributed by atoms with van der Waals surface area (Å²) in [5.41, 5.74) is 5.23. The number of aryl methyl sites for hydroxylation is 1. The zero-order valence-corrected chi connectivity index (χ0v) is 14.1. The Balaban J connectivity index is 2.29. The largest absolute Gasteiger partial charge is 0.508 e. The molecule has 0 saturated carbocycles. The molecule has 0 aliphatic rings. The molecular formula is C21H24O2. The molecule has 0 heterocycles. The highest BCUT2D eigenvalue weighted by atomic mass is 16.5. The standard InChI is InChI=1S/C21H24O2/c1-15(2)9-12-19-20(22)13-17(14-21(19)23-4)10-11-18-8-6-5-7-16(18)3/h5-8,10-11,13-14,22H,1,9,12H2,2-4H3. The van der Waals surface area contributed by atoms with E-state index in [4.69, 9.17) is 4.74 Å². The SMILES string of the molecule is C=C(C)CCc1c(O)cc(C=Cc2ccccc2C)cc1OC. The number of methoxy groups -OCH3 is 1. The van der Waals surface area contributed by atoms with E-state index in [0.29, 0.717) is 0 Å². The van der Waals surface area contributed by atoms with Crippen molar-refractivity contribution in [2.75, 3.05) is 7.11 Å². The van der Waals surface area contributed by atoms with E-state index >= 15 is 0 Å². The van der Waals surface area contributed by atoms with E-state index in [0.717, 1.165) is 40.9 Å². The summed E-state index contributed by atoms with van der Waals surface area (Å²) in [5.74, 6) is 0.991. The molecule has 0 amide bonds. The normalized spacial score (nSPS) is 10.9. The minimum atomic E-state index is 0.273. The zero-order chi connectivity index (χ0) is 16.8. The fraction of sp³-hybridized carbons (Fsp3) is 0.238. The van der Waals surface area contributed by atoms with Gasteiger partial charge in [0.05, 0.1) is 7.11 Å². The Bertz CT molecular complexity index is 727. The Morgan fingerprint density at radius 2 is 1.96 bits per heavy atom. The van der Waals surface area contributed by atoms with Crippen LogP contribution in [0.15, 0.2) is 48.6 Å². The number of hydrogen-bond acceptors (Lipinski definition) is 2. The van der Waals surface area contributed by atoms with Gasteiger partial charge in [0.25, 0.3) is 0 Å². The van der Waals surface area contributed by atoms with E-state index in [1.54, 1.807) is 13.2 Å². The molecule has 0 aliphatic carbocycles. The molecule has 0 atom stereocenters. The lowest BCUT2D eigenvalue weighted by atomic mass is 10.0. The van der Waals surface area contributed by atoms with Crippen molar-refractivity contribution in [1.29, 1.82) is 0 Å². The lowest BCUT2D eigenvalue weighted by Gasteiger charge is -2.12. The predicted octanol–water partition coefficient (Wildman–Crippen LogP) is 5.39. The predicted molar refractivity (Wildman–Crippen MR) is 97.9 cm³/mol. The van der Waals surface area contributed by atoms with Gasteiger partial charge in [-0.2, -0.15) is 0 Å². The molecule has 0 radical (unpaired) electrons. The van der Waals surface area contributed by atoms with Gasteiger partial charge in [0.1, 0.15) is 11.5 Å². The second-order valence-corrected chi connectivity index (χ2v) is 5.87. The van der Waals surface area contributed by atoms with Gasteiger partial charge in [-0.05, 0) is 55.5 Å². The first kappa shape index (κ1) is 16.9. The van der Waals surface area contributed by atoms with Crippen LogP contribution in [-0.4, -0.2) is 12.2 Å². The molecule has 0 aromatic heterocycles. The van der Waals surface area contributed by atoms with Crippen molar-refractivity contribution < 1.29 is 9.84 Å².